The van der Waals surface area contributed by atoms with E-state index in [2.05, 4.69) is 25.7 Å². The number of nitrogens with one attached hydrogen (secondary N) is 1. The summed E-state index contributed by atoms with van der Waals surface area (Å²) >= 11 is 2.98. The minimum Gasteiger partial charge on any atom is -0.416 e. The minimum atomic E-state index is -3.20. The number of nitrogens with zero attached hydrogens (tertiary/aromatic N) is 2. The molecule has 0 unspecified atom stereocenters. The molecule has 21 heavy (non-hydrogen) atoms. The Morgan fingerprint density at radius 3 is 2.62 bits per heavy atom. The van der Waals surface area contributed by atoms with Gasteiger partial charge in [0, 0.05) is 5.56 Å². The highest BCUT2D eigenvalue weighted by molar-refractivity contribution is 9.10. The second-order valence-corrected chi connectivity index (χ2v) is 5.00. The Morgan fingerprint density at radius 2 is 2.14 bits per heavy atom. The number of ether oxygens (including phenoxy) is 1. The van der Waals surface area contributed by atoms with E-state index in [1.165, 1.54) is 6.07 Å². The maximum atomic E-state index is 12.4. The van der Waals surface area contributed by atoms with Crippen molar-refractivity contribution < 1.29 is 23.1 Å². The molecule has 7 nitrogen and oxygen atoms in total. The van der Waals surface area contributed by atoms with E-state index in [4.69, 9.17) is 5.84 Å². The molecule has 1 aromatic heterocycles. The van der Waals surface area contributed by atoms with Gasteiger partial charge in [-0.3, -0.25) is 15.0 Å². The number of hydrogen-bond acceptors (Lipinski definition) is 6. The Bertz CT molecular complexity index is 555. The zero-order valence-electron chi connectivity index (χ0n) is 11.2. The number of carbonyl (C=O) groups is 2. The van der Waals surface area contributed by atoms with E-state index in [1.54, 1.807) is 24.4 Å². The van der Waals surface area contributed by atoms with Gasteiger partial charge < -0.3 is 9.64 Å². The number of hydrazine groups is 1. The highest BCUT2D eigenvalue weighted by Gasteiger charge is 2.26. The van der Waals surface area contributed by atoms with Crippen LogP contribution in [0.25, 0.3) is 0 Å². The van der Waals surface area contributed by atoms with Crippen LogP contribution in [-0.4, -0.2) is 48.8 Å². The highest BCUT2D eigenvalue weighted by Crippen LogP contribution is 2.26. The normalized spacial score (nSPS) is 10.9. The minimum absolute atomic E-state index is 0.0323. The van der Waals surface area contributed by atoms with Gasteiger partial charge in [0.1, 0.15) is 10.2 Å². The number of carbonyl (C=O) groups excluding carboxylic acids is 2. The van der Waals surface area contributed by atoms with E-state index in [9.17, 15) is 18.4 Å². The quantitative estimate of drug-likeness (QED) is 0.254. The summed E-state index contributed by atoms with van der Waals surface area (Å²) in [6.07, 6.45) is 0. The molecule has 0 aliphatic rings. The van der Waals surface area contributed by atoms with Gasteiger partial charge in [0.15, 0.2) is 5.78 Å². The van der Waals surface area contributed by atoms with Crippen LogP contribution in [0, 0.1) is 0 Å². The maximum Gasteiger partial charge on any atom is 0.388 e. The van der Waals surface area contributed by atoms with E-state index in [0.29, 0.717) is 0 Å². The third kappa shape index (κ3) is 4.69. The van der Waals surface area contributed by atoms with E-state index in [1.807, 2.05) is 0 Å². The summed E-state index contributed by atoms with van der Waals surface area (Å²) in [5.74, 6) is 2.91. The van der Waals surface area contributed by atoms with Crippen LogP contribution < -0.4 is 16.0 Å². The van der Waals surface area contributed by atoms with Gasteiger partial charge in [0.05, 0.1) is 6.54 Å². The molecule has 10 heteroatoms. The summed E-state index contributed by atoms with van der Waals surface area (Å²) in [5, 5.41) is 0. The Balaban J connectivity index is 3.42. The summed E-state index contributed by atoms with van der Waals surface area (Å²) in [6, 6.07) is 1.24. The lowest BCUT2D eigenvalue weighted by Crippen LogP contribution is -2.33. The van der Waals surface area contributed by atoms with Crippen LogP contribution in [0.5, 0.6) is 5.88 Å². The van der Waals surface area contributed by atoms with Crippen LogP contribution in [0.15, 0.2) is 10.7 Å². The molecule has 0 fully saturated rings. The summed E-state index contributed by atoms with van der Waals surface area (Å²) in [5.41, 5.74) is 1.22. The van der Waals surface area contributed by atoms with Gasteiger partial charge in [0.25, 0.3) is 5.91 Å². The Kier molecular flexibility index (Phi) is 6.12. The first kappa shape index (κ1) is 17.4. The van der Waals surface area contributed by atoms with Crippen molar-refractivity contribution in [1.82, 2.24) is 15.3 Å². The van der Waals surface area contributed by atoms with E-state index in [0.717, 1.165) is 0 Å². The summed E-state index contributed by atoms with van der Waals surface area (Å²) in [6.45, 7) is -3.23. The largest absolute Gasteiger partial charge is 0.416 e. The molecule has 0 aliphatic heterocycles. The van der Waals surface area contributed by atoms with Crippen LogP contribution >= 0.6 is 15.9 Å². The fraction of sp³-hybridized carbons (Fsp3) is 0.364. The molecule has 3 N–H and O–H groups in total. The van der Waals surface area contributed by atoms with Crippen molar-refractivity contribution in [3.05, 3.63) is 21.8 Å². The van der Waals surface area contributed by atoms with Crippen LogP contribution in [0.2, 0.25) is 0 Å². The predicted octanol–water partition coefficient (Wildman–Crippen LogP) is 0.793. The fourth-order valence-electron chi connectivity index (χ4n) is 1.55. The molecule has 0 bridgehead atoms. The van der Waals surface area contributed by atoms with Crippen molar-refractivity contribution in [2.75, 3.05) is 20.6 Å². The number of pyridine rings is 1. The van der Waals surface area contributed by atoms with Gasteiger partial charge in [-0.1, -0.05) is 0 Å². The second-order valence-electron chi connectivity index (χ2n) is 4.19. The monoisotopic (exact) mass is 366 g/mol. The van der Waals surface area contributed by atoms with Crippen LogP contribution in [0.4, 0.5) is 8.78 Å². The van der Waals surface area contributed by atoms with Gasteiger partial charge in [-0.15, -0.1) is 0 Å². The first-order chi connectivity index (χ1) is 9.76. The Morgan fingerprint density at radius 1 is 1.52 bits per heavy atom. The van der Waals surface area contributed by atoms with Crippen LogP contribution in [-0.2, 0) is 0 Å². The molecule has 0 spiro atoms. The molecule has 1 aromatic rings. The van der Waals surface area contributed by atoms with E-state index < -0.39 is 29.7 Å². The molecular formula is C11H13BrF2N4O3. The smallest absolute Gasteiger partial charge is 0.388 e. The topological polar surface area (TPSA) is 97.5 Å². The number of nitrogen functional groups attached to an aromatic ring is 1. The third-order valence-corrected chi connectivity index (χ3v) is 2.68. The first-order valence-electron chi connectivity index (χ1n) is 5.60. The van der Waals surface area contributed by atoms with Crippen molar-refractivity contribution >= 4 is 27.6 Å². The molecular weight excluding hydrogens is 354 g/mol. The van der Waals surface area contributed by atoms with Gasteiger partial charge in [-0.2, -0.15) is 8.78 Å². The Labute approximate surface area is 127 Å². The molecule has 116 valence electrons. The number of amides is 1. The lowest BCUT2D eigenvalue weighted by atomic mass is 10.0. The third-order valence-electron chi connectivity index (χ3n) is 2.27. The number of likely N-dealkylation sites (N-methyl/N-ethyl adjacent to an activating group) is 1. The van der Waals surface area contributed by atoms with Crippen LogP contribution in [0.1, 0.15) is 20.7 Å². The van der Waals surface area contributed by atoms with Crippen molar-refractivity contribution in [1.29, 1.82) is 0 Å². The molecule has 0 saturated heterocycles. The number of aromatic nitrogens is 1. The number of rotatable bonds is 6. The zero-order valence-corrected chi connectivity index (χ0v) is 12.8. The number of hydrogen-bond donors (Lipinski definition) is 2. The maximum absolute atomic E-state index is 12.4. The number of halogens is 3. The lowest BCUT2D eigenvalue weighted by Gasteiger charge is -2.15. The standard InChI is InChI=1S/C11H13BrF2N4O3/c1-18(2)4-6(19)5-3-7(12)16-10(21-11(13)14)8(5)9(20)17-15/h3,11H,4,15H2,1-2H3,(H,17,20). The van der Waals surface area contributed by atoms with E-state index in [-0.39, 0.29) is 16.7 Å². The summed E-state index contributed by atoms with van der Waals surface area (Å²) in [7, 11) is 3.29. The van der Waals surface area contributed by atoms with Crippen molar-refractivity contribution in [3.8, 4) is 5.88 Å². The number of alkyl halides is 2. The number of nitrogens with two attached hydrogens (primary N) is 1. The predicted molar refractivity (Wildman–Crippen MR) is 73.1 cm³/mol. The van der Waals surface area contributed by atoms with Gasteiger partial charge >= 0.3 is 6.61 Å². The average molecular weight is 367 g/mol. The Hall–Kier alpha value is -1.65. The SMILES string of the molecule is CN(C)CC(=O)c1cc(Br)nc(OC(F)F)c1C(=O)NN. The lowest BCUT2D eigenvalue weighted by molar-refractivity contribution is -0.0533. The zero-order chi connectivity index (χ0) is 16.2. The fourth-order valence-corrected chi connectivity index (χ4v) is 1.94. The van der Waals surface area contributed by atoms with Gasteiger partial charge in [-0.25, -0.2) is 10.8 Å². The van der Waals surface area contributed by atoms with Gasteiger partial charge in [0.2, 0.25) is 5.88 Å². The second kappa shape index (κ2) is 7.38. The molecule has 0 radical (unpaired) electrons. The van der Waals surface area contributed by atoms with Crippen LogP contribution in [0.3, 0.4) is 0 Å². The molecule has 1 heterocycles. The summed E-state index contributed by atoms with van der Waals surface area (Å²) in [4.78, 5) is 29.1. The number of ketones is 1. The van der Waals surface area contributed by atoms with Crippen molar-refractivity contribution in [3.63, 3.8) is 0 Å². The van der Waals surface area contributed by atoms with E-state index >= 15 is 0 Å². The molecule has 0 atom stereocenters. The molecule has 0 saturated carbocycles. The molecule has 0 aliphatic carbocycles. The van der Waals surface area contributed by atoms with Gasteiger partial charge in [-0.05, 0) is 36.1 Å². The molecule has 1 amide bonds. The molecule has 1 rings (SSSR count). The average Bonchev–Trinajstić information content (AvgIpc) is 2.35. The van der Waals surface area contributed by atoms with Crippen molar-refractivity contribution in [2.45, 2.75) is 6.61 Å². The first-order valence-corrected chi connectivity index (χ1v) is 6.39. The number of Topliss-reactive ketones (excluding diaryl/α,β-unsaturated/α-hetero) is 1. The highest BCUT2D eigenvalue weighted by atomic mass is 79.9. The van der Waals surface area contributed by atoms with Crippen molar-refractivity contribution in [2.24, 2.45) is 5.84 Å². The molecule has 0 aromatic carbocycles. The summed E-state index contributed by atoms with van der Waals surface area (Å²) < 4.78 is 29.1.